The molecule has 1 aromatic heterocycles. The molecule has 1 unspecified atom stereocenters. The van der Waals surface area contributed by atoms with Gasteiger partial charge < -0.3 is 9.30 Å². The predicted octanol–water partition coefficient (Wildman–Crippen LogP) is 2.22. The van der Waals surface area contributed by atoms with Crippen molar-refractivity contribution < 1.29 is 4.74 Å². The highest BCUT2D eigenvalue weighted by molar-refractivity contribution is 7.07. The minimum atomic E-state index is 0.0825. The minimum Gasteiger partial charge on any atom is -0.488 e. The van der Waals surface area contributed by atoms with E-state index < -0.39 is 0 Å². The molecular formula is C13H13NO2S. The molecule has 0 spiro atoms. The molecule has 2 aromatic rings. The number of aryl methyl sites for hydroxylation is 1. The Labute approximate surface area is 103 Å². The minimum absolute atomic E-state index is 0.0825. The van der Waals surface area contributed by atoms with Crippen molar-refractivity contribution in [2.75, 3.05) is 0 Å². The third kappa shape index (κ3) is 2.00. The molecule has 0 bridgehead atoms. The SMILES string of the molecule is Cc1ccc2c(c1)CC(Cn1ccsc1=O)O2. The summed E-state index contributed by atoms with van der Waals surface area (Å²) in [4.78, 5) is 11.5. The Morgan fingerprint density at radius 1 is 1.53 bits per heavy atom. The highest BCUT2D eigenvalue weighted by Crippen LogP contribution is 2.29. The first kappa shape index (κ1) is 10.6. The molecule has 0 amide bonds. The van der Waals surface area contributed by atoms with Gasteiger partial charge in [0.2, 0.25) is 0 Å². The number of benzene rings is 1. The van der Waals surface area contributed by atoms with Crippen LogP contribution >= 0.6 is 11.3 Å². The zero-order valence-electron chi connectivity index (χ0n) is 9.55. The zero-order chi connectivity index (χ0) is 11.8. The van der Waals surface area contributed by atoms with Gasteiger partial charge in [-0.25, -0.2) is 0 Å². The maximum Gasteiger partial charge on any atom is 0.307 e. The van der Waals surface area contributed by atoms with E-state index in [1.165, 1.54) is 22.5 Å². The fourth-order valence-corrected chi connectivity index (χ4v) is 2.79. The lowest BCUT2D eigenvalue weighted by molar-refractivity contribution is 0.208. The standard InChI is InChI=1S/C13H13NO2S/c1-9-2-3-12-10(6-9)7-11(16-12)8-14-4-5-17-13(14)15/h2-6,11H,7-8H2,1H3. The summed E-state index contributed by atoms with van der Waals surface area (Å²) < 4.78 is 7.55. The Hall–Kier alpha value is -1.55. The number of hydrogen-bond donors (Lipinski definition) is 0. The van der Waals surface area contributed by atoms with Crippen LogP contribution in [0.4, 0.5) is 0 Å². The molecule has 2 heterocycles. The molecule has 0 saturated heterocycles. The molecule has 0 aliphatic carbocycles. The van der Waals surface area contributed by atoms with Gasteiger partial charge in [0.15, 0.2) is 0 Å². The molecule has 88 valence electrons. The van der Waals surface area contributed by atoms with Crippen LogP contribution < -0.4 is 9.61 Å². The van der Waals surface area contributed by atoms with Crippen LogP contribution in [0.15, 0.2) is 34.6 Å². The smallest absolute Gasteiger partial charge is 0.307 e. The lowest BCUT2D eigenvalue weighted by Gasteiger charge is -2.10. The van der Waals surface area contributed by atoms with Crippen LogP contribution in [0.25, 0.3) is 0 Å². The Kier molecular flexibility index (Phi) is 2.52. The van der Waals surface area contributed by atoms with Crippen molar-refractivity contribution >= 4 is 11.3 Å². The van der Waals surface area contributed by atoms with Crippen molar-refractivity contribution in [2.45, 2.75) is 26.0 Å². The van der Waals surface area contributed by atoms with E-state index in [0.717, 1.165) is 12.2 Å². The molecule has 3 nitrogen and oxygen atoms in total. The molecule has 1 aromatic carbocycles. The average Bonchev–Trinajstić information content (AvgIpc) is 2.85. The van der Waals surface area contributed by atoms with Crippen LogP contribution in [0.2, 0.25) is 0 Å². The average molecular weight is 247 g/mol. The van der Waals surface area contributed by atoms with Crippen molar-refractivity contribution in [3.63, 3.8) is 0 Å². The second-order valence-corrected chi connectivity index (χ2v) is 5.23. The van der Waals surface area contributed by atoms with Gasteiger partial charge in [0, 0.05) is 18.0 Å². The quantitative estimate of drug-likeness (QED) is 0.815. The molecule has 0 fully saturated rings. The molecule has 0 N–H and O–H groups in total. The third-order valence-electron chi connectivity index (χ3n) is 3.00. The summed E-state index contributed by atoms with van der Waals surface area (Å²) in [7, 11) is 0. The topological polar surface area (TPSA) is 31.2 Å². The van der Waals surface area contributed by atoms with Gasteiger partial charge in [0.05, 0.1) is 6.54 Å². The Morgan fingerprint density at radius 3 is 3.18 bits per heavy atom. The molecule has 4 heteroatoms. The molecular weight excluding hydrogens is 234 g/mol. The molecule has 1 atom stereocenters. The fraction of sp³-hybridized carbons (Fsp3) is 0.308. The highest BCUT2D eigenvalue weighted by atomic mass is 32.1. The van der Waals surface area contributed by atoms with Crippen LogP contribution in [0.1, 0.15) is 11.1 Å². The normalized spacial score (nSPS) is 17.8. The number of rotatable bonds is 2. The number of nitrogens with zero attached hydrogens (tertiary/aromatic N) is 1. The summed E-state index contributed by atoms with van der Waals surface area (Å²) in [6.07, 6.45) is 2.79. The molecule has 0 radical (unpaired) electrons. The van der Waals surface area contributed by atoms with Crippen molar-refractivity contribution in [2.24, 2.45) is 0 Å². The van der Waals surface area contributed by atoms with E-state index in [4.69, 9.17) is 4.74 Å². The molecule has 0 saturated carbocycles. The maximum absolute atomic E-state index is 11.5. The van der Waals surface area contributed by atoms with Gasteiger partial charge in [-0.05, 0) is 18.6 Å². The zero-order valence-corrected chi connectivity index (χ0v) is 10.4. The first-order valence-electron chi connectivity index (χ1n) is 5.62. The van der Waals surface area contributed by atoms with E-state index in [2.05, 4.69) is 19.1 Å². The van der Waals surface area contributed by atoms with Gasteiger partial charge in [-0.3, -0.25) is 4.79 Å². The summed E-state index contributed by atoms with van der Waals surface area (Å²) in [5.74, 6) is 0.962. The van der Waals surface area contributed by atoms with Gasteiger partial charge in [-0.15, -0.1) is 0 Å². The summed E-state index contributed by atoms with van der Waals surface area (Å²) in [6, 6.07) is 6.23. The van der Waals surface area contributed by atoms with E-state index >= 15 is 0 Å². The largest absolute Gasteiger partial charge is 0.488 e. The summed E-state index contributed by atoms with van der Waals surface area (Å²) >= 11 is 1.23. The number of ether oxygens (including phenoxy) is 1. The highest BCUT2D eigenvalue weighted by Gasteiger charge is 2.23. The van der Waals surface area contributed by atoms with E-state index in [0.29, 0.717) is 6.54 Å². The van der Waals surface area contributed by atoms with E-state index in [9.17, 15) is 4.79 Å². The maximum atomic E-state index is 11.5. The van der Waals surface area contributed by atoms with Gasteiger partial charge in [0.25, 0.3) is 0 Å². The van der Waals surface area contributed by atoms with E-state index in [1.54, 1.807) is 4.57 Å². The van der Waals surface area contributed by atoms with Gasteiger partial charge >= 0.3 is 4.87 Å². The van der Waals surface area contributed by atoms with Gasteiger partial charge in [0.1, 0.15) is 11.9 Å². The second-order valence-electron chi connectivity index (χ2n) is 4.38. The number of thiazole rings is 1. The van der Waals surface area contributed by atoms with E-state index in [-0.39, 0.29) is 11.0 Å². The Balaban J connectivity index is 1.78. The van der Waals surface area contributed by atoms with Crippen molar-refractivity contribution in [3.8, 4) is 5.75 Å². The van der Waals surface area contributed by atoms with Crippen LogP contribution in [-0.4, -0.2) is 10.7 Å². The van der Waals surface area contributed by atoms with E-state index in [1.807, 2.05) is 17.6 Å². The van der Waals surface area contributed by atoms with Gasteiger partial charge in [-0.1, -0.05) is 29.0 Å². The predicted molar refractivity (Wildman–Crippen MR) is 67.9 cm³/mol. The summed E-state index contributed by atoms with van der Waals surface area (Å²) in [6.45, 7) is 2.72. The molecule has 1 aliphatic heterocycles. The number of aromatic nitrogens is 1. The van der Waals surface area contributed by atoms with Gasteiger partial charge in [-0.2, -0.15) is 0 Å². The summed E-state index contributed by atoms with van der Waals surface area (Å²) in [5, 5.41) is 1.81. The first-order chi connectivity index (χ1) is 8.22. The number of hydrogen-bond acceptors (Lipinski definition) is 3. The van der Waals surface area contributed by atoms with Crippen molar-refractivity contribution in [3.05, 3.63) is 50.6 Å². The number of fused-ring (bicyclic) bond motifs is 1. The Morgan fingerprint density at radius 2 is 2.41 bits per heavy atom. The molecule has 3 rings (SSSR count). The monoisotopic (exact) mass is 247 g/mol. The van der Waals surface area contributed by atoms with Crippen LogP contribution in [0.3, 0.4) is 0 Å². The van der Waals surface area contributed by atoms with Crippen molar-refractivity contribution in [1.82, 2.24) is 4.57 Å². The lowest BCUT2D eigenvalue weighted by atomic mass is 10.1. The second kappa shape index (κ2) is 4.04. The van der Waals surface area contributed by atoms with Crippen LogP contribution in [0.5, 0.6) is 5.75 Å². The fourth-order valence-electron chi connectivity index (χ4n) is 2.20. The van der Waals surface area contributed by atoms with Crippen LogP contribution in [-0.2, 0) is 13.0 Å². The third-order valence-corrected chi connectivity index (χ3v) is 3.70. The Bertz CT molecular complexity index is 599. The van der Waals surface area contributed by atoms with Crippen LogP contribution in [0, 0.1) is 6.92 Å². The first-order valence-corrected chi connectivity index (χ1v) is 6.50. The molecule has 17 heavy (non-hydrogen) atoms. The lowest BCUT2D eigenvalue weighted by Crippen LogP contribution is -2.25. The van der Waals surface area contributed by atoms with Crippen molar-refractivity contribution in [1.29, 1.82) is 0 Å². The summed E-state index contributed by atoms with van der Waals surface area (Å²) in [5.41, 5.74) is 2.50. The molecule has 1 aliphatic rings.